The molecule has 0 aliphatic heterocycles. The largest absolute Gasteiger partial charge is 0.426 e. The van der Waals surface area contributed by atoms with Gasteiger partial charge in [-0.15, -0.1) is 11.3 Å². The minimum atomic E-state index is -0.439. The van der Waals surface area contributed by atoms with Crippen molar-refractivity contribution < 1.29 is 13.9 Å². The van der Waals surface area contributed by atoms with Crippen molar-refractivity contribution in [2.45, 2.75) is 19.8 Å². The van der Waals surface area contributed by atoms with Gasteiger partial charge in [0, 0.05) is 29.1 Å². The van der Waals surface area contributed by atoms with Crippen molar-refractivity contribution in [3.05, 3.63) is 75.7 Å². The zero-order valence-corrected chi connectivity index (χ0v) is 15.9. The van der Waals surface area contributed by atoms with E-state index in [1.807, 2.05) is 30.5 Å². The van der Waals surface area contributed by atoms with Crippen LogP contribution in [0.2, 0.25) is 0 Å². The van der Waals surface area contributed by atoms with E-state index < -0.39 is 11.6 Å². The molecule has 0 spiro atoms. The Morgan fingerprint density at radius 1 is 1.21 bits per heavy atom. The van der Waals surface area contributed by atoms with E-state index in [0.29, 0.717) is 23.4 Å². The third-order valence-corrected chi connectivity index (χ3v) is 5.09. The first kappa shape index (κ1) is 18.1. The van der Waals surface area contributed by atoms with Crippen LogP contribution in [0.15, 0.2) is 63.3 Å². The number of carbonyl (C=O) groups excluding carboxylic acids is 1. The molecule has 3 heterocycles. The van der Waals surface area contributed by atoms with Gasteiger partial charge in [0.15, 0.2) is 0 Å². The van der Waals surface area contributed by atoms with Crippen LogP contribution < -0.4 is 10.4 Å². The van der Waals surface area contributed by atoms with Crippen LogP contribution in [0.25, 0.3) is 21.7 Å². The molecule has 0 amide bonds. The average molecular weight is 392 g/mol. The molecule has 0 unspecified atom stereocenters. The van der Waals surface area contributed by atoms with Gasteiger partial charge in [0.25, 0.3) is 0 Å². The number of ether oxygens (including phenoxy) is 1. The highest BCUT2D eigenvalue weighted by Crippen LogP contribution is 2.24. The van der Waals surface area contributed by atoms with Crippen LogP contribution in [0.5, 0.6) is 5.75 Å². The van der Waals surface area contributed by atoms with Crippen LogP contribution in [0.3, 0.4) is 0 Å². The maximum absolute atomic E-state index is 12.3. The van der Waals surface area contributed by atoms with Crippen molar-refractivity contribution in [3.63, 3.8) is 0 Å². The SMILES string of the molecule is CCc1cc(=O)oc2cc(OC(=O)Cc3csc(-c4ccccn4)n3)ccc12. The third-order valence-electron chi connectivity index (χ3n) is 4.18. The lowest BCUT2D eigenvalue weighted by Gasteiger charge is -2.06. The number of carbonyl (C=O) groups is 1. The molecular formula is C21H16N2O4S. The summed E-state index contributed by atoms with van der Waals surface area (Å²) in [6, 6.07) is 12.1. The lowest BCUT2D eigenvalue weighted by molar-refractivity contribution is -0.133. The number of thiazole rings is 1. The Morgan fingerprint density at radius 3 is 2.89 bits per heavy atom. The van der Waals surface area contributed by atoms with Gasteiger partial charge in [-0.05, 0) is 36.2 Å². The number of aryl methyl sites for hydroxylation is 1. The van der Waals surface area contributed by atoms with E-state index in [-0.39, 0.29) is 6.42 Å². The average Bonchev–Trinajstić information content (AvgIpc) is 3.16. The number of benzene rings is 1. The molecule has 0 atom stereocenters. The first-order valence-corrected chi connectivity index (χ1v) is 9.63. The molecule has 0 N–H and O–H groups in total. The van der Waals surface area contributed by atoms with E-state index in [1.165, 1.54) is 17.4 Å². The summed E-state index contributed by atoms with van der Waals surface area (Å²) >= 11 is 1.43. The second-order valence-electron chi connectivity index (χ2n) is 6.11. The van der Waals surface area contributed by atoms with Gasteiger partial charge in [0.05, 0.1) is 17.8 Å². The molecule has 4 rings (SSSR count). The first-order valence-electron chi connectivity index (χ1n) is 8.75. The Hall–Kier alpha value is -3.32. The molecule has 0 saturated heterocycles. The van der Waals surface area contributed by atoms with Gasteiger partial charge in [-0.25, -0.2) is 9.78 Å². The zero-order valence-electron chi connectivity index (χ0n) is 15.0. The van der Waals surface area contributed by atoms with Crippen LogP contribution in [0, 0.1) is 0 Å². The maximum Gasteiger partial charge on any atom is 0.336 e. The minimum absolute atomic E-state index is 0.0420. The fraction of sp³-hybridized carbons (Fsp3) is 0.143. The second-order valence-corrected chi connectivity index (χ2v) is 6.97. The summed E-state index contributed by atoms with van der Waals surface area (Å²) in [6.07, 6.45) is 2.46. The third kappa shape index (κ3) is 3.84. The van der Waals surface area contributed by atoms with Crippen LogP contribution in [-0.2, 0) is 17.6 Å². The monoisotopic (exact) mass is 392 g/mol. The fourth-order valence-electron chi connectivity index (χ4n) is 2.88. The summed E-state index contributed by atoms with van der Waals surface area (Å²) in [6.45, 7) is 1.97. The number of nitrogens with zero attached hydrogens (tertiary/aromatic N) is 2. The Bertz CT molecular complexity index is 1200. The Kier molecular flexibility index (Phi) is 4.99. The van der Waals surface area contributed by atoms with Crippen LogP contribution in [0.4, 0.5) is 0 Å². The summed E-state index contributed by atoms with van der Waals surface area (Å²) < 4.78 is 10.6. The van der Waals surface area contributed by atoms with Gasteiger partial charge in [-0.2, -0.15) is 0 Å². The highest BCUT2D eigenvalue weighted by molar-refractivity contribution is 7.13. The molecule has 3 aromatic heterocycles. The van der Waals surface area contributed by atoms with E-state index >= 15 is 0 Å². The van der Waals surface area contributed by atoms with Crippen LogP contribution in [-0.4, -0.2) is 15.9 Å². The van der Waals surface area contributed by atoms with Crippen molar-refractivity contribution in [2.24, 2.45) is 0 Å². The standard InChI is InChI=1S/C21H16N2O4S/c1-2-13-9-19(24)27-18-11-15(6-7-16(13)18)26-20(25)10-14-12-28-21(23-14)17-5-3-4-8-22-17/h3-9,11-12H,2,10H2,1H3. The number of hydrogen-bond acceptors (Lipinski definition) is 7. The molecule has 0 saturated carbocycles. The molecule has 0 aliphatic rings. The first-order chi connectivity index (χ1) is 13.6. The fourth-order valence-corrected chi connectivity index (χ4v) is 3.67. The molecule has 6 nitrogen and oxygen atoms in total. The molecule has 7 heteroatoms. The summed E-state index contributed by atoms with van der Waals surface area (Å²) in [5, 5.41) is 3.41. The minimum Gasteiger partial charge on any atom is -0.426 e. The van der Waals surface area contributed by atoms with Gasteiger partial charge in [-0.1, -0.05) is 13.0 Å². The Labute approximate surface area is 164 Å². The molecule has 4 aromatic rings. The number of rotatable bonds is 5. The normalized spacial score (nSPS) is 10.9. The topological polar surface area (TPSA) is 82.3 Å². The van der Waals surface area contributed by atoms with E-state index in [9.17, 15) is 9.59 Å². The summed E-state index contributed by atoms with van der Waals surface area (Å²) in [4.78, 5) is 32.7. The Balaban J connectivity index is 1.50. The van der Waals surface area contributed by atoms with E-state index in [0.717, 1.165) is 21.7 Å². The molecule has 1 aromatic carbocycles. The predicted molar refractivity (Wildman–Crippen MR) is 107 cm³/mol. The Morgan fingerprint density at radius 2 is 2.11 bits per heavy atom. The number of hydrogen-bond donors (Lipinski definition) is 0. The van der Waals surface area contributed by atoms with Crippen molar-refractivity contribution in [1.82, 2.24) is 9.97 Å². The highest BCUT2D eigenvalue weighted by Gasteiger charge is 2.13. The predicted octanol–water partition coefficient (Wildman–Crippen LogP) is 4.02. The van der Waals surface area contributed by atoms with Gasteiger partial charge in [0.1, 0.15) is 16.3 Å². The molecule has 0 aliphatic carbocycles. The molecule has 28 heavy (non-hydrogen) atoms. The van der Waals surface area contributed by atoms with Crippen molar-refractivity contribution in [2.75, 3.05) is 0 Å². The van der Waals surface area contributed by atoms with Crippen LogP contribution in [0.1, 0.15) is 18.2 Å². The lowest BCUT2D eigenvalue weighted by atomic mass is 10.1. The second kappa shape index (κ2) is 7.74. The molecule has 0 bridgehead atoms. The maximum atomic E-state index is 12.3. The summed E-state index contributed by atoms with van der Waals surface area (Å²) in [5.41, 5.74) is 2.27. The van der Waals surface area contributed by atoms with E-state index in [4.69, 9.17) is 9.15 Å². The number of aromatic nitrogens is 2. The smallest absolute Gasteiger partial charge is 0.336 e. The van der Waals surface area contributed by atoms with E-state index in [1.54, 1.807) is 24.4 Å². The highest BCUT2D eigenvalue weighted by atomic mass is 32.1. The number of pyridine rings is 1. The molecular weight excluding hydrogens is 376 g/mol. The quantitative estimate of drug-likeness (QED) is 0.290. The summed E-state index contributed by atoms with van der Waals surface area (Å²) in [5.74, 6) is -0.111. The van der Waals surface area contributed by atoms with Crippen LogP contribution >= 0.6 is 11.3 Å². The number of esters is 1. The van der Waals surface area contributed by atoms with Gasteiger partial charge in [0.2, 0.25) is 0 Å². The molecule has 140 valence electrons. The van der Waals surface area contributed by atoms with Gasteiger partial charge < -0.3 is 9.15 Å². The lowest BCUT2D eigenvalue weighted by Crippen LogP contribution is -2.11. The zero-order chi connectivity index (χ0) is 19.5. The van der Waals surface area contributed by atoms with Crippen molar-refractivity contribution >= 4 is 28.3 Å². The number of fused-ring (bicyclic) bond motifs is 1. The van der Waals surface area contributed by atoms with Crippen molar-refractivity contribution in [1.29, 1.82) is 0 Å². The summed E-state index contributed by atoms with van der Waals surface area (Å²) in [7, 11) is 0. The van der Waals surface area contributed by atoms with Crippen molar-refractivity contribution in [3.8, 4) is 16.5 Å². The molecule has 0 radical (unpaired) electrons. The van der Waals surface area contributed by atoms with Gasteiger partial charge >= 0.3 is 11.6 Å². The van der Waals surface area contributed by atoms with E-state index in [2.05, 4.69) is 9.97 Å². The van der Waals surface area contributed by atoms with Gasteiger partial charge in [-0.3, -0.25) is 9.78 Å². The molecule has 0 fully saturated rings.